The lowest BCUT2D eigenvalue weighted by Crippen LogP contribution is -2.09. The fourth-order valence-electron chi connectivity index (χ4n) is 8.28. The third-order valence-corrected chi connectivity index (χ3v) is 12.3. The lowest BCUT2D eigenvalue weighted by atomic mass is 10.00. The van der Waals surface area contributed by atoms with E-state index in [4.69, 9.17) is 4.42 Å². The van der Waals surface area contributed by atoms with Gasteiger partial charge in [-0.3, -0.25) is 0 Å². The fraction of sp³-hybridized carbons (Fsp3) is 0. The molecule has 0 radical (unpaired) electrons. The average molecular weight is 746 g/mol. The number of hydrogen-bond donors (Lipinski definition) is 0. The molecule has 268 valence electrons. The Bertz CT molecular complexity index is 3200. The van der Waals surface area contributed by atoms with Crippen LogP contribution in [0.3, 0.4) is 0 Å². The Labute approximate surface area is 335 Å². The highest BCUT2D eigenvalue weighted by molar-refractivity contribution is 7.26. The summed E-state index contributed by atoms with van der Waals surface area (Å²) in [5.74, 6) is 0. The molecule has 0 N–H and O–H groups in total. The van der Waals surface area contributed by atoms with Gasteiger partial charge in [-0.25, -0.2) is 0 Å². The minimum absolute atomic E-state index is 0.895. The van der Waals surface area contributed by atoms with Gasteiger partial charge in [0.15, 0.2) is 0 Å². The Balaban J connectivity index is 1.00. The van der Waals surface area contributed by atoms with E-state index in [2.05, 4.69) is 211 Å². The van der Waals surface area contributed by atoms with Gasteiger partial charge < -0.3 is 9.32 Å². The maximum absolute atomic E-state index is 6.49. The molecule has 0 amide bonds. The van der Waals surface area contributed by atoms with Gasteiger partial charge in [0.25, 0.3) is 0 Å². The third kappa shape index (κ3) is 5.88. The lowest BCUT2D eigenvalue weighted by Gasteiger charge is -2.26. The van der Waals surface area contributed by atoms with E-state index in [-0.39, 0.29) is 0 Å². The van der Waals surface area contributed by atoms with Gasteiger partial charge in [-0.05, 0) is 93.5 Å². The van der Waals surface area contributed by atoms with E-state index < -0.39 is 0 Å². The minimum Gasteiger partial charge on any atom is -0.455 e. The fourth-order valence-corrected chi connectivity index (χ4v) is 9.50. The van der Waals surface area contributed by atoms with Crippen LogP contribution < -0.4 is 4.90 Å². The molecule has 0 aliphatic rings. The van der Waals surface area contributed by atoms with Crippen LogP contribution >= 0.6 is 11.3 Å². The Hall–Kier alpha value is -7.20. The van der Waals surface area contributed by atoms with E-state index in [0.29, 0.717) is 0 Å². The van der Waals surface area contributed by atoms with Crippen LogP contribution in [0.5, 0.6) is 0 Å². The summed E-state index contributed by atoms with van der Waals surface area (Å²) < 4.78 is 9.09. The Morgan fingerprint density at radius 1 is 0.333 bits per heavy atom. The summed E-state index contributed by atoms with van der Waals surface area (Å²) in [5.41, 5.74) is 14.6. The number of benzene rings is 9. The first-order valence-electron chi connectivity index (χ1n) is 19.3. The smallest absolute Gasteiger partial charge is 0.143 e. The van der Waals surface area contributed by atoms with E-state index >= 15 is 0 Å². The van der Waals surface area contributed by atoms with Crippen LogP contribution in [-0.4, -0.2) is 0 Å². The second kappa shape index (κ2) is 13.8. The quantitative estimate of drug-likeness (QED) is 0.162. The van der Waals surface area contributed by atoms with E-state index in [9.17, 15) is 0 Å². The van der Waals surface area contributed by atoms with Gasteiger partial charge in [-0.1, -0.05) is 158 Å². The van der Waals surface area contributed by atoms with Crippen molar-refractivity contribution in [3.63, 3.8) is 0 Å². The van der Waals surface area contributed by atoms with Crippen molar-refractivity contribution in [3.8, 4) is 44.5 Å². The molecule has 0 atom stereocenters. The topological polar surface area (TPSA) is 16.4 Å². The highest BCUT2D eigenvalue weighted by atomic mass is 32.1. The predicted octanol–water partition coefficient (Wildman–Crippen LogP) is 16.1. The number of rotatable bonds is 7. The van der Waals surface area contributed by atoms with Crippen molar-refractivity contribution in [1.82, 2.24) is 0 Å². The molecule has 9 aromatic carbocycles. The summed E-state index contributed by atoms with van der Waals surface area (Å²) in [6.45, 7) is 0. The van der Waals surface area contributed by atoms with Crippen molar-refractivity contribution in [3.05, 3.63) is 212 Å². The van der Waals surface area contributed by atoms with Crippen LogP contribution in [0.2, 0.25) is 0 Å². The molecule has 3 heteroatoms. The number of para-hydroxylation sites is 1. The first-order valence-corrected chi connectivity index (χ1v) is 20.1. The van der Waals surface area contributed by atoms with Gasteiger partial charge in [0.05, 0.1) is 0 Å². The highest BCUT2D eigenvalue weighted by Gasteiger charge is 2.18. The van der Waals surface area contributed by atoms with E-state index in [1.165, 1.54) is 42.4 Å². The largest absolute Gasteiger partial charge is 0.455 e. The molecule has 2 aromatic heterocycles. The molecular weight excluding hydrogens is 711 g/mol. The normalized spacial score (nSPS) is 11.5. The van der Waals surface area contributed by atoms with E-state index in [1.54, 1.807) is 0 Å². The van der Waals surface area contributed by atoms with Gasteiger partial charge in [0.2, 0.25) is 0 Å². The molecule has 0 saturated carbocycles. The molecule has 2 heterocycles. The highest BCUT2D eigenvalue weighted by Crippen LogP contribution is 2.44. The molecule has 2 nitrogen and oxygen atoms in total. The molecule has 0 unspecified atom stereocenters. The summed E-state index contributed by atoms with van der Waals surface area (Å²) in [5, 5.41) is 4.80. The van der Waals surface area contributed by atoms with Crippen LogP contribution in [0.4, 0.5) is 17.1 Å². The molecule has 0 aliphatic carbocycles. The van der Waals surface area contributed by atoms with Crippen molar-refractivity contribution in [1.29, 1.82) is 0 Å². The van der Waals surface area contributed by atoms with Crippen molar-refractivity contribution in [2.45, 2.75) is 0 Å². The number of furan rings is 1. The standard InChI is InChI=1S/C54H35NOS/c1-4-12-36(13-5-1)37-22-27-42(28-23-37)55(44-31-33-52-50(35-44)48-21-11-19-46(54(48)57-52)40-16-8-3-9-17-40)43-29-24-38(25-30-43)41-26-32-51-49(34-41)47-20-10-18-45(53(47)56-51)39-14-6-2-7-15-39/h1-35H. The van der Waals surface area contributed by atoms with Crippen LogP contribution in [0, 0.1) is 0 Å². The van der Waals surface area contributed by atoms with Crippen molar-refractivity contribution < 1.29 is 4.42 Å². The summed E-state index contributed by atoms with van der Waals surface area (Å²) in [6, 6.07) is 76.2. The van der Waals surface area contributed by atoms with Gasteiger partial charge >= 0.3 is 0 Å². The maximum Gasteiger partial charge on any atom is 0.143 e. The van der Waals surface area contributed by atoms with Gasteiger partial charge in [-0.15, -0.1) is 11.3 Å². The molecule has 0 aliphatic heterocycles. The van der Waals surface area contributed by atoms with Crippen LogP contribution in [-0.2, 0) is 0 Å². The van der Waals surface area contributed by atoms with Gasteiger partial charge in [-0.2, -0.15) is 0 Å². The molecule has 57 heavy (non-hydrogen) atoms. The molecule has 0 saturated heterocycles. The summed E-state index contributed by atoms with van der Waals surface area (Å²) >= 11 is 1.87. The maximum atomic E-state index is 6.49. The van der Waals surface area contributed by atoms with E-state index in [1.807, 2.05) is 17.4 Å². The summed E-state index contributed by atoms with van der Waals surface area (Å²) in [7, 11) is 0. The second-order valence-corrected chi connectivity index (χ2v) is 15.5. The van der Waals surface area contributed by atoms with E-state index in [0.717, 1.165) is 61.3 Å². The SMILES string of the molecule is c1ccc(-c2ccc(N(c3ccc(-c4ccc5oc6c(-c7ccccc7)cccc6c5c4)cc3)c3ccc4sc5c(-c6ccccc6)cccc5c4c3)cc2)cc1. The molecular formula is C54H35NOS. The summed E-state index contributed by atoms with van der Waals surface area (Å²) in [4.78, 5) is 2.38. The minimum atomic E-state index is 0.895. The zero-order valence-corrected chi connectivity index (χ0v) is 31.8. The molecule has 11 aromatic rings. The first kappa shape index (κ1) is 33.2. The molecule has 0 fully saturated rings. The van der Waals surface area contributed by atoms with Crippen molar-refractivity contribution in [2.24, 2.45) is 0 Å². The second-order valence-electron chi connectivity index (χ2n) is 14.5. The van der Waals surface area contributed by atoms with Crippen molar-refractivity contribution >= 4 is 70.5 Å². The summed E-state index contributed by atoms with van der Waals surface area (Å²) in [6.07, 6.45) is 0. The Morgan fingerprint density at radius 3 is 1.53 bits per heavy atom. The zero-order valence-electron chi connectivity index (χ0n) is 31.0. The number of hydrogen-bond acceptors (Lipinski definition) is 3. The first-order chi connectivity index (χ1) is 28.2. The van der Waals surface area contributed by atoms with Crippen LogP contribution in [0.25, 0.3) is 86.6 Å². The number of fused-ring (bicyclic) bond motifs is 6. The Kier molecular flexibility index (Phi) is 8.04. The van der Waals surface area contributed by atoms with Crippen LogP contribution in [0.1, 0.15) is 0 Å². The molecule has 0 spiro atoms. The zero-order chi connectivity index (χ0) is 37.7. The number of anilines is 3. The lowest BCUT2D eigenvalue weighted by molar-refractivity contribution is 0.670. The molecule has 0 bridgehead atoms. The monoisotopic (exact) mass is 745 g/mol. The van der Waals surface area contributed by atoms with Crippen molar-refractivity contribution in [2.75, 3.05) is 4.90 Å². The number of thiophene rings is 1. The van der Waals surface area contributed by atoms with Crippen LogP contribution in [0.15, 0.2) is 217 Å². The Morgan fingerprint density at radius 2 is 0.860 bits per heavy atom. The number of nitrogens with zero attached hydrogens (tertiary/aromatic N) is 1. The average Bonchev–Trinajstić information content (AvgIpc) is 3.86. The third-order valence-electron chi connectivity index (χ3n) is 11.1. The van der Waals surface area contributed by atoms with Gasteiger partial charge in [0.1, 0.15) is 11.2 Å². The predicted molar refractivity (Wildman–Crippen MR) is 243 cm³/mol. The molecule has 11 rings (SSSR count). The van der Waals surface area contributed by atoms with Gasteiger partial charge in [0, 0.05) is 53.6 Å².